The van der Waals surface area contributed by atoms with E-state index in [-0.39, 0.29) is 21.8 Å². The highest BCUT2D eigenvalue weighted by molar-refractivity contribution is 6.30. The number of methoxy groups -OCH3 is 1. The number of anilines is 1. The van der Waals surface area contributed by atoms with E-state index in [0.29, 0.717) is 5.75 Å². The maximum atomic E-state index is 13.7. The van der Waals surface area contributed by atoms with Crippen LogP contribution in [0.15, 0.2) is 36.4 Å². The van der Waals surface area contributed by atoms with Crippen LogP contribution in [-0.4, -0.2) is 12.9 Å². The largest absolute Gasteiger partial charge is 0.497 e. The van der Waals surface area contributed by atoms with Gasteiger partial charge in [0.1, 0.15) is 11.6 Å². The number of nitrogen functional groups attached to an aromatic ring is 1. The van der Waals surface area contributed by atoms with Crippen LogP contribution in [0.3, 0.4) is 0 Å². The second kappa shape index (κ2) is 5.28. The minimum atomic E-state index is -0.681. The molecule has 0 amide bonds. The third-order valence-corrected chi connectivity index (χ3v) is 2.92. The van der Waals surface area contributed by atoms with Gasteiger partial charge in [0.15, 0.2) is 5.78 Å². The molecule has 0 aliphatic carbocycles. The van der Waals surface area contributed by atoms with E-state index in [0.717, 1.165) is 6.07 Å². The number of hydrogen-bond donors (Lipinski definition) is 1. The molecule has 2 aromatic carbocycles. The van der Waals surface area contributed by atoms with Crippen LogP contribution in [0.25, 0.3) is 0 Å². The van der Waals surface area contributed by atoms with Crippen molar-refractivity contribution in [2.24, 2.45) is 0 Å². The molecular formula is C14H11ClFNO2. The Bertz CT molecular complexity index is 643. The third kappa shape index (κ3) is 2.69. The number of benzene rings is 2. The number of nitrogens with two attached hydrogens (primary N) is 1. The first-order valence-corrected chi connectivity index (χ1v) is 5.84. The highest BCUT2D eigenvalue weighted by Crippen LogP contribution is 2.24. The van der Waals surface area contributed by atoms with Gasteiger partial charge in [0, 0.05) is 16.3 Å². The summed E-state index contributed by atoms with van der Waals surface area (Å²) in [6, 6.07) is 8.52. The Balaban J connectivity index is 2.49. The molecule has 0 aliphatic heterocycles. The first-order valence-electron chi connectivity index (χ1n) is 5.46. The minimum absolute atomic E-state index is 0.0793. The molecule has 0 unspecified atom stereocenters. The molecule has 3 nitrogen and oxygen atoms in total. The lowest BCUT2D eigenvalue weighted by Gasteiger charge is -2.08. The fourth-order valence-electron chi connectivity index (χ4n) is 1.68. The average molecular weight is 280 g/mol. The van der Waals surface area contributed by atoms with Gasteiger partial charge in [-0.15, -0.1) is 0 Å². The van der Waals surface area contributed by atoms with Crippen LogP contribution in [-0.2, 0) is 0 Å². The van der Waals surface area contributed by atoms with Crippen molar-refractivity contribution in [1.82, 2.24) is 0 Å². The molecule has 0 aromatic heterocycles. The van der Waals surface area contributed by atoms with Gasteiger partial charge in [-0.1, -0.05) is 11.6 Å². The Hall–Kier alpha value is -2.07. The quantitative estimate of drug-likeness (QED) is 0.693. The van der Waals surface area contributed by atoms with Crippen molar-refractivity contribution in [3.63, 3.8) is 0 Å². The highest BCUT2D eigenvalue weighted by Gasteiger charge is 2.17. The Labute approximate surface area is 114 Å². The molecule has 0 fully saturated rings. The summed E-state index contributed by atoms with van der Waals surface area (Å²) in [5.41, 5.74) is 6.12. The second-order valence-electron chi connectivity index (χ2n) is 3.91. The molecule has 0 saturated heterocycles. The molecule has 2 aromatic rings. The van der Waals surface area contributed by atoms with Crippen LogP contribution in [0.2, 0.25) is 5.02 Å². The summed E-state index contributed by atoms with van der Waals surface area (Å²) < 4.78 is 18.7. The number of hydrogen-bond acceptors (Lipinski definition) is 3. The van der Waals surface area contributed by atoms with Gasteiger partial charge in [0.25, 0.3) is 0 Å². The molecule has 19 heavy (non-hydrogen) atoms. The maximum Gasteiger partial charge on any atom is 0.198 e. The monoisotopic (exact) mass is 279 g/mol. The Morgan fingerprint density at radius 3 is 2.58 bits per heavy atom. The van der Waals surface area contributed by atoms with Crippen molar-refractivity contribution in [2.45, 2.75) is 0 Å². The first kappa shape index (κ1) is 13.4. The van der Waals surface area contributed by atoms with Crippen molar-refractivity contribution in [3.05, 3.63) is 58.4 Å². The standard InChI is InChI=1S/C14H11ClFNO2/c1-19-9-3-5-13(17)11(7-9)14(18)10-4-2-8(15)6-12(10)16/h2-7H,17H2,1H3. The topological polar surface area (TPSA) is 52.3 Å². The second-order valence-corrected chi connectivity index (χ2v) is 4.34. The van der Waals surface area contributed by atoms with Gasteiger partial charge < -0.3 is 10.5 Å². The van der Waals surface area contributed by atoms with Crippen LogP contribution >= 0.6 is 11.6 Å². The van der Waals surface area contributed by atoms with E-state index in [2.05, 4.69) is 0 Å². The Morgan fingerprint density at radius 2 is 1.95 bits per heavy atom. The molecule has 0 saturated carbocycles. The summed E-state index contributed by atoms with van der Waals surface area (Å²) in [4.78, 5) is 12.2. The molecule has 98 valence electrons. The van der Waals surface area contributed by atoms with Crippen LogP contribution in [0.1, 0.15) is 15.9 Å². The summed E-state index contributed by atoms with van der Waals surface area (Å²) in [5, 5.41) is 0.229. The van der Waals surface area contributed by atoms with Gasteiger partial charge in [-0.3, -0.25) is 4.79 Å². The number of rotatable bonds is 3. The summed E-state index contributed by atoms with van der Waals surface area (Å²) in [6.07, 6.45) is 0. The number of ketones is 1. The molecule has 0 bridgehead atoms. The normalized spacial score (nSPS) is 10.3. The van der Waals surface area contributed by atoms with E-state index >= 15 is 0 Å². The fraction of sp³-hybridized carbons (Fsp3) is 0.0714. The molecule has 5 heteroatoms. The molecule has 0 spiro atoms. The molecule has 0 radical (unpaired) electrons. The predicted molar refractivity (Wildman–Crippen MR) is 72.2 cm³/mol. The third-order valence-electron chi connectivity index (χ3n) is 2.68. The van der Waals surface area contributed by atoms with Crippen molar-refractivity contribution in [1.29, 1.82) is 0 Å². The number of halogens is 2. The summed E-state index contributed by atoms with van der Waals surface area (Å²) in [6.45, 7) is 0. The van der Waals surface area contributed by atoms with Crippen LogP contribution < -0.4 is 10.5 Å². The Kier molecular flexibility index (Phi) is 3.71. The van der Waals surface area contributed by atoms with Crippen LogP contribution in [0.5, 0.6) is 5.75 Å². The number of carbonyl (C=O) groups is 1. The van der Waals surface area contributed by atoms with Crippen molar-refractivity contribution in [3.8, 4) is 5.75 Å². The minimum Gasteiger partial charge on any atom is -0.497 e. The molecule has 0 aliphatic rings. The molecular weight excluding hydrogens is 269 g/mol. The van der Waals surface area contributed by atoms with E-state index in [1.54, 1.807) is 12.1 Å². The average Bonchev–Trinajstić information content (AvgIpc) is 2.38. The summed E-state index contributed by atoms with van der Waals surface area (Å²) >= 11 is 5.65. The fourth-order valence-corrected chi connectivity index (χ4v) is 1.84. The van der Waals surface area contributed by atoms with E-state index in [1.807, 2.05) is 0 Å². The number of ether oxygens (including phenoxy) is 1. The summed E-state index contributed by atoms with van der Waals surface area (Å²) in [5.74, 6) is -0.711. The van der Waals surface area contributed by atoms with E-state index in [1.165, 1.54) is 25.3 Å². The lowest BCUT2D eigenvalue weighted by atomic mass is 10.0. The van der Waals surface area contributed by atoms with E-state index < -0.39 is 11.6 Å². The smallest absolute Gasteiger partial charge is 0.198 e. The van der Waals surface area contributed by atoms with Gasteiger partial charge in [0.2, 0.25) is 0 Å². The van der Waals surface area contributed by atoms with E-state index in [4.69, 9.17) is 22.1 Å². The molecule has 2 N–H and O–H groups in total. The first-order chi connectivity index (χ1) is 9.02. The van der Waals surface area contributed by atoms with Gasteiger partial charge >= 0.3 is 0 Å². The Morgan fingerprint density at radius 1 is 1.21 bits per heavy atom. The SMILES string of the molecule is COc1ccc(N)c(C(=O)c2ccc(Cl)cc2F)c1. The van der Waals surface area contributed by atoms with Gasteiger partial charge in [0.05, 0.1) is 12.7 Å². The van der Waals surface area contributed by atoms with Crippen molar-refractivity contribution < 1.29 is 13.9 Å². The van der Waals surface area contributed by atoms with Crippen LogP contribution in [0, 0.1) is 5.82 Å². The maximum absolute atomic E-state index is 13.7. The van der Waals surface area contributed by atoms with Crippen LogP contribution in [0.4, 0.5) is 10.1 Å². The zero-order valence-electron chi connectivity index (χ0n) is 10.1. The van der Waals surface area contributed by atoms with Gasteiger partial charge in [-0.2, -0.15) is 0 Å². The van der Waals surface area contributed by atoms with Gasteiger partial charge in [-0.05, 0) is 36.4 Å². The van der Waals surface area contributed by atoms with Crippen molar-refractivity contribution >= 4 is 23.1 Å². The molecule has 2 rings (SSSR count). The zero-order chi connectivity index (χ0) is 14.0. The summed E-state index contributed by atoms with van der Waals surface area (Å²) in [7, 11) is 1.47. The van der Waals surface area contributed by atoms with E-state index in [9.17, 15) is 9.18 Å². The predicted octanol–water partition coefficient (Wildman–Crippen LogP) is 3.30. The highest BCUT2D eigenvalue weighted by atomic mass is 35.5. The molecule has 0 atom stereocenters. The number of carbonyl (C=O) groups excluding carboxylic acids is 1. The van der Waals surface area contributed by atoms with Gasteiger partial charge in [-0.25, -0.2) is 4.39 Å². The zero-order valence-corrected chi connectivity index (χ0v) is 10.9. The van der Waals surface area contributed by atoms with Crippen molar-refractivity contribution in [2.75, 3.05) is 12.8 Å². The molecule has 0 heterocycles. The lowest BCUT2D eigenvalue weighted by Crippen LogP contribution is -2.07. The lowest BCUT2D eigenvalue weighted by molar-refractivity contribution is 0.103.